The molecule has 0 aliphatic heterocycles. The first kappa shape index (κ1) is 18.0. The lowest BCUT2D eigenvalue weighted by molar-refractivity contribution is 0.483. The summed E-state index contributed by atoms with van der Waals surface area (Å²) in [5, 5.41) is 5.35. The van der Waals surface area contributed by atoms with Gasteiger partial charge in [0.25, 0.3) is 0 Å². The van der Waals surface area contributed by atoms with Gasteiger partial charge < -0.3 is 4.98 Å². The van der Waals surface area contributed by atoms with Crippen LogP contribution in [0.2, 0.25) is 0 Å². The molecule has 3 heterocycles. The van der Waals surface area contributed by atoms with Crippen molar-refractivity contribution in [1.82, 2.24) is 19.7 Å². The number of rotatable bonds is 2. The van der Waals surface area contributed by atoms with E-state index in [1.807, 2.05) is 50.1 Å². The summed E-state index contributed by atoms with van der Waals surface area (Å²) in [6, 6.07) is 4.13. The zero-order chi connectivity index (χ0) is 16.5. The van der Waals surface area contributed by atoms with Crippen LogP contribution in [0.25, 0.3) is 11.0 Å². The first-order valence-corrected chi connectivity index (χ1v) is 7.93. The van der Waals surface area contributed by atoms with E-state index in [0.29, 0.717) is 5.92 Å². The summed E-state index contributed by atoms with van der Waals surface area (Å²) in [6.07, 6.45) is 7.72. The predicted octanol–water partition coefficient (Wildman–Crippen LogP) is 4.75. The molecule has 0 aromatic carbocycles. The normalized spacial score (nSPS) is 9.95. The molecule has 0 radical (unpaired) electrons. The van der Waals surface area contributed by atoms with E-state index in [0.717, 1.165) is 12.2 Å². The van der Waals surface area contributed by atoms with Crippen molar-refractivity contribution >= 4 is 11.0 Å². The molecule has 1 N–H and O–H groups in total. The average Bonchev–Trinajstić information content (AvgIpc) is 3.09. The molecule has 4 heteroatoms. The smallest absolute Gasteiger partial charge is 0.137 e. The quantitative estimate of drug-likeness (QED) is 0.742. The minimum absolute atomic E-state index is 0.680. The van der Waals surface area contributed by atoms with Gasteiger partial charge in [0.15, 0.2) is 0 Å². The maximum absolute atomic E-state index is 4.19. The van der Waals surface area contributed by atoms with Gasteiger partial charge >= 0.3 is 0 Å². The van der Waals surface area contributed by atoms with E-state index in [1.165, 1.54) is 16.5 Å². The van der Waals surface area contributed by atoms with Crippen LogP contribution in [-0.4, -0.2) is 19.7 Å². The van der Waals surface area contributed by atoms with Gasteiger partial charge in [-0.3, -0.25) is 4.68 Å². The topological polar surface area (TPSA) is 46.5 Å². The molecule has 3 aromatic rings. The van der Waals surface area contributed by atoms with Gasteiger partial charge in [0.05, 0.1) is 6.20 Å². The Balaban J connectivity index is 0.000000198. The molecule has 0 fully saturated rings. The molecule has 0 aliphatic carbocycles. The number of nitrogens with zero attached hydrogens (tertiary/aromatic N) is 3. The number of hydrogen-bond acceptors (Lipinski definition) is 2. The number of pyridine rings is 1. The predicted molar refractivity (Wildman–Crippen MR) is 94.0 cm³/mol. The molecule has 0 amide bonds. The molecule has 3 rings (SSSR count). The van der Waals surface area contributed by atoms with Gasteiger partial charge in [0, 0.05) is 30.5 Å². The zero-order valence-corrected chi connectivity index (χ0v) is 14.6. The summed E-state index contributed by atoms with van der Waals surface area (Å²) in [4.78, 5) is 7.22. The lowest BCUT2D eigenvalue weighted by atomic mass is 10.2. The van der Waals surface area contributed by atoms with Crippen LogP contribution in [0.1, 0.15) is 38.8 Å². The minimum Gasteiger partial charge on any atom is -0.346 e. The molecule has 0 atom stereocenters. The SMILES string of the molecule is CC.Cc1cnc2[nH]ccc2c1.Cc1cnn(CC(C)C)c1. The van der Waals surface area contributed by atoms with Gasteiger partial charge in [-0.15, -0.1) is 0 Å². The molecule has 120 valence electrons. The number of nitrogens with one attached hydrogen (secondary N) is 1. The van der Waals surface area contributed by atoms with Gasteiger partial charge in [-0.25, -0.2) is 4.98 Å². The maximum Gasteiger partial charge on any atom is 0.137 e. The van der Waals surface area contributed by atoms with Crippen molar-refractivity contribution in [2.45, 2.75) is 48.1 Å². The fourth-order valence-corrected chi connectivity index (χ4v) is 1.99. The zero-order valence-electron chi connectivity index (χ0n) is 14.6. The van der Waals surface area contributed by atoms with Crippen LogP contribution in [0.3, 0.4) is 0 Å². The molecular formula is C18H28N4. The van der Waals surface area contributed by atoms with Crippen molar-refractivity contribution in [3.05, 3.63) is 48.0 Å². The molecule has 0 aliphatic rings. The standard InChI is InChI=1S/C8H8N2.C8H14N2.C2H6/c1-6-4-7-2-3-9-8(7)10-5-6;1-7(2)5-10-6-8(3)4-9-10;1-2/h2-5H,1H3,(H,9,10);4,6-7H,5H2,1-3H3;1-2H3. The van der Waals surface area contributed by atoms with Crippen LogP contribution in [-0.2, 0) is 6.54 Å². The second-order valence-corrected chi connectivity index (χ2v) is 5.56. The van der Waals surface area contributed by atoms with Crippen molar-refractivity contribution in [3.8, 4) is 0 Å². The summed E-state index contributed by atoms with van der Waals surface area (Å²) in [7, 11) is 0. The summed E-state index contributed by atoms with van der Waals surface area (Å²) in [6.45, 7) is 13.5. The summed E-state index contributed by atoms with van der Waals surface area (Å²) in [5.41, 5.74) is 3.40. The number of fused-ring (bicyclic) bond motifs is 1. The van der Waals surface area contributed by atoms with Crippen LogP contribution in [0, 0.1) is 19.8 Å². The second-order valence-electron chi connectivity index (χ2n) is 5.56. The Morgan fingerprint density at radius 1 is 1.14 bits per heavy atom. The average molecular weight is 300 g/mol. The number of hydrogen-bond donors (Lipinski definition) is 1. The minimum atomic E-state index is 0.680. The first-order chi connectivity index (χ1) is 10.5. The summed E-state index contributed by atoms with van der Waals surface area (Å²) in [5.74, 6) is 0.680. The van der Waals surface area contributed by atoms with Crippen LogP contribution in [0.5, 0.6) is 0 Å². The van der Waals surface area contributed by atoms with Gasteiger partial charge in [-0.1, -0.05) is 27.7 Å². The van der Waals surface area contributed by atoms with Gasteiger partial charge in [0.1, 0.15) is 5.65 Å². The molecule has 0 unspecified atom stereocenters. The van der Waals surface area contributed by atoms with E-state index in [2.05, 4.69) is 48.1 Å². The number of aryl methyl sites for hydroxylation is 2. The lowest BCUT2D eigenvalue weighted by Crippen LogP contribution is -2.03. The van der Waals surface area contributed by atoms with Crippen LogP contribution < -0.4 is 0 Å². The van der Waals surface area contributed by atoms with Crippen molar-refractivity contribution < 1.29 is 0 Å². The number of aromatic nitrogens is 4. The largest absolute Gasteiger partial charge is 0.346 e. The molecule has 4 nitrogen and oxygen atoms in total. The number of H-pyrrole nitrogens is 1. The highest BCUT2D eigenvalue weighted by Gasteiger charge is 1.96. The van der Waals surface area contributed by atoms with Crippen molar-refractivity contribution in [1.29, 1.82) is 0 Å². The second kappa shape index (κ2) is 9.03. The molecule has 22 heavy (non-hydrogen) atoms. The Labute approximate surface area is 133 Å². The highest BCUT2D eigenvalue weighted by Crippen LogP contribution is 2.09. The van der Waals surface area contributed by atoms with E-state index in [9.17, 15) is 0 Å². The van der Waals surface area contributed by atoms with E-state index in [4.69, 9.17) is 0 Å². The van der Waals surface area contributed by atoms with Crippen molar-refractivity contribution in [2.75, 3.05) is 0 Å². The number of aromatic amines is 1. The Morgan fingerprint density at radius 3 is 2.45 bits per heavy atom. The van der Waals surface area contributed by atoms with E-state index in [1.54, 1.807) is 0 Å². The Bertz CT molecular complexity index is 664. The molecule has 0 bridgehead atoms. The van der Waals surface area contributed by atoms with Crippen LogP contribution >= 0.6 is 0 Å². The molecule has 0 spiro atoms. The van der Waals surface area contributed by atoms with Gasteiger partial charge in [-0.2, -0.15) is 5.10 Å². The lowest BCUT2D eigenvalue weighted by Gasteiger charge is -2.02. The van der Waals surface area contributed by atoms with Crippen LogP contribution in [0.15, 0.2) is 36.9 Å². The highest BCUT2D eigenvalue weighted by molar-refractivity contribution is 5.75. The fourth-order valence-electron chi connectivity index (χ4n) is 1.99. The molecule has 0 saturated carbocycles. The monoisotopic (exact) mass is 300 g/mol. The highest BCUT2D eigenvalue weighted by atomic mass is 15.3. The third kappa shape index (κ3) is 5.72. The molecule has 0 saturated heterocycles. The third-order valence-corrected chi connectivity index (χ3v) is 2.85. The van der Waals surface area contributed by atoms with Crippen LogP contribution in [0.4, 0.5) is 0 Å². The van der Waals surface area contributed by atoms with E-state index >= 15 is 0 Å². The van der Waals surface area contributed by atoms with Crippen molar-refractivity contribution in [2.24, 2.45) is 5.92 Å². The Morgan fingerprint density at radius 2 is 1.86 bits per heavy atom. The Hall–Kier alpha value is -2.10. The van der Waals surface area contributed by atoms with Crippen molar-refractivity contribution in [3.63, 3.8) is 0 Å². The molecular weight excluding hydrogens is 272 g/mol. The summed E-state index contributed by atoms with van der Waals surface area (Å²) >= 11 is 0. The van der Waals surface area contributed by atoms with Gasteiger partial charge in [0.2, 0.25) is 0 Å². The maximum atomic E-state index is 4.19. The molecule has 3 aromatic heterocycles. The van der Waals surface area contributed by atoms with Gasteiger partial charge in [-0.05, 0) is 43.0 Å². The van der Waals surface area contributed by atoms with E-state index in [-0.39, 0.29) is 0 Å². The summed E-state index contributed by atoms with van der Waals surface area (Å²) < 4.78 is 1.99. The van der Waals surface area contributed by atoms with E-state index < -0.39 is 0 Å². The third-order valence-electron chi connectivity index (χ3n) is 2.85. The fraction of sp³-hybridized carbons (Fsp3) is 0.444. The Kier molecular flexibility index (Phi) is 7.37. The first-order valence-electron chi connectivity index (χ1n) is 7.93.